The zero-order valence-electron chi connectivity index (χ0n) is 5.70. The molecule has 3 N–H and O–H groups in total. The van der Waals surface area contributed by atoms with Gasteiger partial charge in [0.05, 0.1) is 0 Å². The van der Waals surface area contributed by atoms with E-state index in [9.17, 15) is 0 Å². The number of rotatable bonds is 1. The first-order valence-electron chi connectivity index (χ1n) is 3.19. The SMILES string of the molecule is CNC1CNC(Cl)NC1Cl. The van der Waals surface area contributed by atoms with Gasteiger partial charge in [-0.2, -0.15) is 0 Å². The van der Waals surface area contributed by atoms with E-state index in [-0.39, 0.29) is 17.2 Å². The predicted molar refractivity (Wildman–Crippen MR) is 43.3 cm³/mol. The molecule has 3 atom stereocenters. The third-order valence-electron chi connectivity index (χ3n) is 1.55. The highest BCUT2D eigenvalue weighted by Gasteiger charge is 2.24. The fourth-order valence-electron chi connectivity index (χ4n) is 0.897. The van der Waals surface area contributed by atoms with Gasteiger partial charge in [-0.3, -0.25) is 10.6 Å². The maximum atomic E-state index is 5.88. The summed E-state index contributed by atoms with van der Waals surface area (Å²) in [5.74, 6) is 0. The van der Waals surface area contributed by atoms with Gasteiger partial charge in [-0.25, -0.2) is 0 Å². The van der Waals surface area contributed by atoms with Gasteiger partial charge < -0.3 is 5.32 Å². The third kappa shape index (κ3) is 1.97. The Hall–Kier alpha value is 0.460. The largest absolute Gasteiger partial charge is 0.313 e. The molecule has 1 saturated heterocycles. The molecule has 0 aromatic rings. The standard InChI is InChI=1S/C5H11Cl2N3/c1-8-3-2-9-5(7)10-4(3)6/h3-5,8-10H,2H2,1H3. The smallest absolute Gasteiger partial charge is 0.136 e. The van der Waals surface area contributed by atoms with Gasteiger partial charge in [0.25, 0.3) is 0 Å². The van der Waals surface area contributed by atoms with Crippen LogP contribution in [-0.4, -0.2) is 30.8 Å². The highest BCUT2D eigenvalue weighted by atomic mass is 35.5. The molecule has 1 rings (SSSR count). The Labute approximate surface area is 70.4 Å². The predicted octanol–water partition coefficient (Wildman–Crippen LogP) is -0.145. The first-order chi connectivity index (χ1) is 4.74. The summed E-state index contributed by atoms with van der Waals surface area (Å²) in [5.41, 5.74) is -0.291. The van der Waals surface area contributed by atoms with Gasteiger partial charge >= 0.3 is 0 Å². The van der Waals surface area contributed by atoms with Crippen LogP contribution in [0.2, 0.25) is 0 Å². The molecule has 60 valence electrons. The van der Waals surface area contributed by atoms with Crippen molar-refractivity contribution in [1.82, 2.24) is 16.0 Å². The zero-order chi connectivity index (χ0) is 7.56. The van der Waals surface area contributed by atoms with Crippen molar-refractivity contribution >= 4 is 23.2 Å². The molecular weight excluding hydrogens is 173 g/mol. The monoisotopic (exact) mass is 183 g/mol. The van der Waals surface area contributed by atoms with Crippen molar-refractivity contribution < 1.29 is 0 Å². The molecule has 1 aliphatic heterocycles. The highest BCUT2D eigenvalue weighted by molar-refractivity contribution is 6.23. The van der Waals surface area contributed by atoms with E-state index in [0.29, 0.717) is 0 Å². The van der Waals surface area contributed by atoms with Gasteiger partial charge in [0.15, 0.2) is 0 Å². The van der Waals surface area contributed by atoms with Crippen molar-refractivity contribution in [2.45, 2.75) is 17.2 Å². The highest BCUT2D eigenvalue weighted by Crippen LogP contribution is 2.05. The summed E-state index contributed by atoms with van der Waals surface area (Å²) in [6.45, 7) is 0.797. The van der Waals surface area contributed by atoms with Crippen LogP contribution in [-0.2, 0) is 0 Å². The average Bonchev–Trinajstić information content (AvgIpc) is 1.88. The Morgan fingerprint density at radius 2 is 2.20 bits per heavy atom. The summed E-state index contributed by atoms with van der Waals surface area (Å²) in [7, 11) is 1.87. The average molecular weight is 184 g/mol. The Balaban J connectivity index is 2.36. The molecule has 3 unspecified atom stereocenters. The first-order valence-corrected chi connectivity index (χ1v) is 4.06. The molecule has 0 saturated carbocycles. The van der Waals surface area contributed by atoms with Crippen molar-refractivity contribution in [3.05, 3.63) is 0 Å². The van der Waals surface area contributed by atoms with E-state index in [1.165, 1.54) is 0 Å². The lowest BCUT2D eigenvalue weighted by Crippen LogP contribution is -2.60. The van der Waals surface area contributed by atoms with Crippen LogP contribution in [0.4, 0.5) is 0 Å². The molecule has 0 aromatic heterocycles. The number of nitrogens with one attached hydrogen (secondary N) is 3. The summed E-state index contributed by atoms with van der Waals surface area (Å²) in [4.78, 5) is 0. The summed E-state index contributed by atoms with van der Waals surface area (Å²) < 4.78 is 0. The van der Waals surface area contributed by atoms with E-state index < -0.39 is 0 Å². The number of alkyl halides is 2. The van der Waals surface area contributed by atoms with E-state index in [1.807, 2.05) is 7.05 Å². The van der Waals surface area contributed by atoms with Crippen molar-refractivity contribution in [1.29, 1.82) is 0 Å². The van der Waals surface area contributed by atoms with E-state index in [1.54, 1.807) is 0 Å². The van der Waals surface area contributed by atoms with Gasteiger partial charge in [0, 0.05) is 12.6 Å². The minimum Gasteiger partial charge on any atom is -0.313 e. The second-order valence-corrected chi connectivity index (χ2v) is 3.14. The molecule has 0 spiro atoms. The summed E-state index contributed by atoms with van der Waals surface area (Å²) >= 11 is 11.6. The Bertz CT molecular complexity index is 111. The lowest BCUT2D eigenvalue weighted by molar-refractivity contribution is 0.352. The summed E-state index contributed by atoms with van der Waals surface area (Å²) in [5, 5.41) is 9.02. The van der Waals surface area contributed by atoms with Crippen LogP contribution in [0.15, 0.2) is 0 Å². The van der Waals surface area contributed by atoms with Crippen molar-refractivity contribution in [3.8, 4) is 0 Å². The van der Waals surface area contributed by atoms with Gasteiger partial charge in [-0.05, 0) is 7.05 Å². The molecule has 0 amide bonds. The summed E-state index contributed by atoms with van der Waals surface area (Å²) in [6.07, 6.45) is 0. The second-order valence-electron chi connectivity index (χ2n) is 2.23. The molecule has 10 heavy (non-hydrogen) atoms. The number of hydrogen-bond acceptors (Lipinski definition) is 3. The van der Waals surface area contributed by atoms with Gasteiger partial charge in [0.2, 0.25) is 0 Å². The van der Waals surface area contributed by atoms with E-state index >= 15 is 0 Å². The molecule has 1 heterocycles. The van der Waals surface area contributed by atoms with Crippen molar-refractivity contribution in [3.63, 3.8) is 0 Å². The topological polar surface area (TPSA) is 36.1 Å². The Morgan fingerprint density at radius 1 is 1.50 bits per heavy atom. The maximum absolute atomic E-state index is 5.88. The molecule has 0 aromatic carbocycles. The minimum atomic E-state index is -0.202. The van der Waals surface area contributed by atoms with E-state index in [4.69, 9.17) is 23.2 Å². The van der Waals surface area contributed by atoms with E-state index in [2.05, 4.69) is 16.0 Å². The maximum Gasteiger partial charge on any atom is 0.136 e. The molecule has 1 fully saturated rings. The quantitative estimate of drug-likeness (QED) is 0.392. The van der Waals surface area contributed by atoms with Crippen LogP contribution >= 0.6 is 23.2 Å². The molecule has 5 heteroatoms. The molecule has 0 radical (unpaired) electrons. The number of likely N-dealkylation sites (N-methyl/N-ethyl adjacent to an activating group) is 1. The van der Waals surface area contributed by atoms with Crippen LogP contribution in [0.25, 0.3) is 0 Å². The molecular formula is C5H11Cl2N3. The Kier molecular flexibility index (Phi) is 3.20. The van der Waals surface area contributed by atoms with Crippen LogP contribution in [0.3, 0.4) is 0 Å². The van der Waals surface area contributed by atoms with Crippen molar-refractivity contribution in [2.24, 2.45) is 0 Å². The fraction of sp³-hybridized carbons (Fsp3) is 1.00. The van der Waals surface area contributed by atoms with Crippen LogP contribution < -0.4 is 16.0 Å². The number of hydrogen-bond donors (Lipinski definition) is 3. The molecule has 1 aliphatic rings. The lowest BCUT2D eigenvalue weighted by atomic mass is 10.2. The fourth-order valence-corrected chi connectivity index (χ4v) is 1.53. The normalized spacial score (nSPS) is 41.7. The van der Waals surface area contributed by atoms with Gasteiger partial charge in [-0.15, -0.1) is 11.6 Å². The Morgan fingerprint density at radius 3 is 2.70 bits per heavy atom. The molecule has 3 nitrogen and oxygen atoms in total. The molecule has 0 aliphatic carbocycles. The van der Waals surface area contributed by atoms with Crippen LogP contribution in [0.1, 0.15) is 0 Å². The lowest BCUT2D eigenvalue weighted by Gasteiger charge is -2.31. The summed E-state index contributed by atoms with van der Waals surface area (Å²) in [6, 6.07) is 0.247. The van der Waals surface area contributed by atoms with Crippen LogP contribution in [0, 0.1) is 0 Å². The van der Waals surface area contributed by atoms with Crippen molar-refractivity contribution in [2.75, 3.05) is 13.6 Å². The minimum absolute atomic E-state index is 0.0891. The second kappa shape index (κ2) is 3.74. The van der Waals surface area contributed by atoms with Gasteiger partial charge in [-0.1, -0.05) is 11.6 Å². The van der Waals surface area contributed by atoms with Gasteiger partial charge in [0.1, 0.15) is 11.1 Å². The first kappa shape index (κ1) is 8.56. The zero-order valence-corrected chi connectivity index (χ0v) is 7.21. The van der Waals surface area contributed by atoms with E-state index in [0.717, 1.165) is 6.54 Å². The van der Waals surface area contributed by atoms with Crippen LogP contribution in [0.5, 0.6) is 0 Å². The third-order valence-corrected chi connectivity index (χ3v) is 2.26. The number of halogens is 2. The molecule has 0 bridgehead atoms.